The van der Waals surface area contributed by atoms with Crippen molar-refractivity contribution < 1.29 is 50.5 Å². The van der Waals surface area contributed by atoms with Gasteiger partial charge in [0.25, 0.3) is 0 Å². The molecule has 386 valence electrons. The van der Waals surface area contributed by atoms with Crippen molar-refractivity contribution in [2.45, 2.75) is 39.0 Å². The Bertz CT molecular complexity index is 3290. The number of pyridine rings is 1. The standard InChI is InChI=1S/C61H45NO2Si2.C4H12NSi2.C4H8O.La/c63-60-56(65(46-26-7-1-8-27-46,47-28-9-2-10-29-47)48-30-11-3-12-31-48)42-44-24-19-21-38-52(44)58(60)54-40-23-41-55(62-54)59-53-39-22-20-25-45(53)43-57(61(59)64)66(49-32-13-4-14-33-49,50-34-15-5-16-35-50)51-36-17-6-18-37-51;1-6(2)5-7(3)4;1-2-4-5-3-1;/h1-43,63-64H;1-4H3;1-4H2;/q;-1;;+3/p-2. The van der Waals surface area contributed by atoms with E-state index in [1.165, 1.54) is 12.8 Å². The molecule has 5 nitrogen and oxygen atoms in total. The van der Waals surface area contributed by atoms with Crippen LogP contribution in [0.25, 0.3) is 48.7 Å². The van der Waals surface area contributed by atoms with Crippen LogP contribution >= 0.6 is 0 Å². The number of hydrogen-bond donors (Lipinski definition) is 0. The molecular formula is C69H63LaN2O3Si4. The molecule has 12 rings (SSSR count). The van der Waals surface area contributed by atoms with Gasteiger partial charge in [-0.25, -0.2) is 4.98 Å². The van der Waals surface area contributed by atoms with Gasteiger partial charge in [0, 0.05) is 24.3 Å². The van der Waals surface area contributed by atoms with E-state index in [9.17, 15) is 0 Å². The van der Waals surface area contributed by atoms with Gasteiger partial charge in [0.05, 0.1) is 11.4 Å². The molecule has 0 amide bonds. The molecule has 10 aromatic carbocycles. The van der Waals surface area contributed by atoms with Crippen molar-refractivity contribution in [3.63, 3.8) is 0 Å². The molecule has 0 atom stereocenters. The summed E-state index contributed by atoms with van der Waals surface area (Å²) in [6.07, 6.45) is 2.56. The van der Waals surface area contributed by atoms with Crippen molar-refractivity contribution in [2.24, 2.45) is 0 Å². The van der Waals surface area contributed by atoms with E-state index in [2.05, 4.69) is 201 Å². The van der Waals surface area contributed by atoms with Gasteiger partial charge in [-0.2, -0.15) is 0 Å². The largest absolute Gasteiger partial charge is 3.00 e. The number of rotatable bonds is 12. The fourth-order valence-electron chi connectivity index (χ4n) is 11.5. The van der Waals surface area contributed by atoms with Gasteiger partial charge in [-0.05, 0) is 77.6 Å². The maximum absolute atomic E-state index is 16.1. The molecule has 0 bridgehead atoms. The van der Waals surface area contributed by atoms with E-state index in [0.29, 0.717) is 22.5 Å². The molecule has 1 saturated heterocycles. The summed E-state index contributed by atoms with van der Waals surface area (Å²) in [5.74, 6) is -0.127. The van der Waals surface area contributed by atoms with Gasteiger partial charge in [0.2, 0.25) is 0 Å². The summed E-state index contributed by atoms with van der Waals surface area (Å²) in [4.78, 5) is 5.45. The van der Waals surface area contributed by atoms with Crippen LogP contribution in [0.5, 0.6) is 11.5 Å². The Morgan fingerprint density at radius 2 is 0.658 bits per heavy atom. The first-order valence-corrected chi connectivity index (χ1v) is 35.8. The van der Waals surface area contributed by atoms with Gasteiger partial charge in [0.15, 0.2) is 16.1 Å². The minimum atomic E-state index is -3.26. The van der Waals surface area contributed by atoms with E-state index in [1.54, 1.807) is 0 Å². The van der Waals surface area contributed by atoms with Crippen LogP contribution < -0.4 is 51.7 Å². The quantitative estimate of drug-likeness (QED) is 0.0902. The average Bonchev–Trinajstić information content (AvgIpc) is 4.21. The normalized spacial score (nSPS) is 12.3. The molecule has 1 aliphatic heterocycles. The minimum absolute atomic E-state index is 0. The van der Waals surface area contributed by atoms with Crippen molar-refractivity contribution in [2.75, 3.05) is 13.2 Å². The van der Waals surface area contributed by atoms with Crippen LogP contribution in [0.4, 0.5) is 0 Å². The second kappa shape index (κ2) is 26.6. The predicted octanol–water partition coefficient (Wildman–Crippen LogP) is 10.3. The first kappa shape index (κ1) is 57.1. The zero-order valence-electron chi connectivity index (χ0n) is 45.4. The second-order valence-corrected chi connectivity index (χ2v) is 32.4. The monoisotopic (exact) mass is 1220 g/mol. The van der Waals surface area contributed by atoms with Gasteiger partial charge >= 0.3 is 35.6 Å². The van der Waals surface area contributed by atoms with Gasteiger partial charge in [-0.15, -0.1) is 0 Å². The molecule has 2 heterocycles. The molecule has 10 heteroatoms. The number of benzene rings is 10. The fourth-order valence-corrected chi connectivity index (χ4v) is 24.7. The van der Waals surface area contributed by atoms with Crippen LogP contribution in [0.1, 0.15) is 12.8 Å². The van der Waals surface area contributed by atoms with Gasteiger partial charge in [-0.3, -0.25) is 0 Å². The summed E-state index contributed by atoms with van der Waals surface area (Å²) in [7, 11) is -7.05. The molecule has 0 spiro atoms. The van der Waals surface area contributed by atoms with Crippen molar-refractivity contribution in [3.8, 4) is 34.0 Å². The Morgan fingerprint density at radius 1 is 0.380 bits per heavy atom. The van der Waals surface area contributed by atoms with Crippen LogP contribution in [0.15, 0.2) is 261 Å². The summed E-state index contributed by atoms with van der Waals surface area (Å²) < 4.78 is 9.43. The Hall–Kier alpha value is -6.55. The third-order valence-electron chi connectivity index (χ3n) is 14.6. The molecule has 1 aliphatic rings. The SMILES string of the molecule is C1CCOC1.C[Si](C)[N-][Si](C)C.[La+3].[O-]c1c([Si](c2ccccc2)(c2ccccc2)c2ccccc2)cc2ccccc2c1-c1cccc(-c2c([O-])c([Si](c3ccccc3)(c3ccccc3)c3ccccc3)cc3ccccc23)n1. The molecule has 0 saturated carbocycles. The predicted molar refractivity (Wildman–Crippen MR) is 335 cm³/mol. The molecule has 0 N–H and O–H groups in total. The van der Waals surface area contributed by atoms with Gasteiger partial charge in [0.1, 0.15) is 0 Å². The van der Waals surface area contributed by atoms with Crippen LogP contribution in [0, 0.1) is 35.6 Å². The maximum atomic E-state index is 16.1. The molecule has 2 radical (unpaired) electrons. The van der Waals surface area contributed by atoms with Crippen LogP contribution in [0.3, 0.4) is 0 Å². The number of fused-ring (bicyclic) bond motifs is 2. The van der Waals surface area contributed by atoms with Crippen LogP contribution in [0.2, 0.25) is 26.2 Å². The smallest absolute Gasteiger partial charge is 0.872 e. The molecule has 79 heavy (non-hydrogen) atoms. The Labute approximate surface area is 500 Å². The zero-order valence-corrected chi connectivity index (χ0v) is 53.0. The molecule has 1 fully saturated rings. The van der Waals surface area contributed by atoms with E-state index in [0.717, 1.165) is 76.3 Å². The topological polar surface area (TPSA) is 82.3 Å². The average molecular weight is 1220 g/mol. The first-order chi connectivity index (χ1) is 38.2. The van der Waals surface area contributed by atoms with Gasteiger partial charge in [-0.1, -0.05) is 315 Å². The first-order valence-electron chi connectivity index (χ1n) is 26.9. The number of ether oxygens (including phenoxy) is 1. The summed E-state index contributed by atoms with van der Waals surface area (Å²) in [5.41, 5.74) is 2.11. The van der Waals surface area contributed by atoms with Crippen molar-refractivity contribution in [1.82, 2.24) is 4.98 Å². The number of nitrogens with zero attached hydrogens (tertiary/aromatic N) is 2. The number of aromatic nitrogens is 1. The third-order valence-corrected chi connectivity index (χ3v) is 27.7. The summed E-state index contributed by atoms with van der Waals surface area (Å²) in [6, 6.07) is 89.6. The molecule has 0 aliphatic carbocycles. The van der Waals surface area contributed by atoms with Crippen LogP contribution in [-0.4, -0.2) is 52.3 Å². The third kappa shape index (κ3) is 11.9. The summed E-state index contributed by atoms with van der Waals surface area (Å²) >= 11 is 0. The Balaban J connectivity index is 0.000000522. The number of hydrogen-bond acceptors (Lipinski definition) is 4. The van der Waals surface area contributed by atoms with E-state index in [4.69, 9.17) is 9.72 Å². The molecular weight excluding hydrogens is 1160 g/mol. The molecule has 11 aromatic rings. The second-order valence-electron chi connectivity index (χ2n) is 20.1. The minimum Gasteiger partial charge on any atom is -0.872 e. The van der Waals surface area contributed by atoms with E-state index in [-0.39, 0.29) is 65.0 Å². The fraction of sp³-hybridized carbons (Fsp3) is 0.116. The van der Waals surface area contributed by atoms with E-state index < -0.39 is 16.1 Å². The van der Waals surface area contributed by atoms with Crippen molar-refractivity contribution >= 4 is 97.1 Å². The van der Waals surface area contributed by atoms with Gasteiger partial charge < -0.3 is 19.6 Å². The van der Waals surface area contributed by atoms with E-state index in [1.807, 2.05) is 91.0 Å². The molecule has 1 aromatic heterocycles. The summed E-state index contributed by atoms with van der Waals surface area (Å²) in [6.45, 7) is 10.9. The zero-order chi connectivity index (χ0) is 53.9. The molecule has 0 unspecified atom stereocenters. The maximum Gasteiger partial charge on any atom is 3.00 e. The Morgan fingerprint density at radius 3 is 0.911 bits per heavy atom. The summed E-state index contributed by atoms with van der Waals surface area (Å²) in [5, 5.41) is 43.9. The van der Waals surface area contributed by atoms with Crippen molar-refractivity contribution in [1.29, 1.82) is 0 Å². The Kier molecular flexibility index (Phi) is 19.2. The van der Waals surface area contributed by atoms with E-state index >= 15 is 10.2 Å². The van der Waals surface area contributed by atoms with Crippen LogP contribution in [-0.2, 0) is 4.74 Å². The van der Waals surface area contributed by atoms with Crippen molar-refractivity contribution in [3.05, 3.63) is 266 Å².